The topological polar surface area (TPSA) is 26.0 Å². The number of rotatable bonds is 3. The van der Waals surface area contributed by atoms with Crippen molar-refractivity contribution in [2.24, 2.45) is 5.73 Å². The Morgan fingerprint density at radius 3 is 2.69 bits per heavy atom. The molecule has 13 heavy (non-hydrogen) atoms. The number of nitrogens with two attached hydrogens (primary N) is 1. The first-order chi connectivity index (χ1) is 6.15. The number of hydrogen-bond donors (Lipinski definition) is 1. The fraction of sp³-hybridized carbons (Fsp3) is 0.333. The third kappa shape index (κ3) is 2.64. The highest BCUT2D eigenvalue weighted by Crippen LogP contribution is 2.20. The van der Waals surface area contributed by atoms with Gasteiger partial charge in [-0.05, 0) is 24.1 Å². The fourth-order valence-corrected chi connectivity index (χ4v) is 1.14. The molecule has 4 heteroatoms. The van der Waals surface area contributed by atoms with E-state index in [2.05, 4.69) is 0 Å². The maximum Gasteiger partial charge on any atom is 0.142 e. The van der Waals surface area contributed by atoms with Gasteiger partial charge < -0.3 is 5.73 Å². The number of halogens is 3. The molecule has 1 nitrogen and oxygen atoms in total. The summed E-state index contributed by atoms with van der Waals surface area (Å²) in [6.07, 6.45) is 0.196. The highest BCUT2D eigenvalue weighted by molar-refractivity contribution is 6.30. The lowest BCUT2D eigenvalue weighted by atomic mass is 10.1. The Balaban J connectivity index is 2.84. The number of benzene rings is 1. The van der Waals surface area contributed by atoms with Crippen molar-refractivity contribution in [1.82, 2.24) is 0 Å². The van der Waals surface area contributed by atoms with E-state index in [0.29, 0.717) is 5.56 Å². The smallest absolute Gasteiger partial charge is 0.142 e. The Bertz CT molecular complexity index is 291. The molecule has 0 unspecified atom stereocenters. The van der Waals surface area contributed by atoms with Gasteiger partial charge in [-0.3, -0.25) is 4.39 Å². The van der Waals surface area contributed by atoms with Crippen LogP contribution in [0.5, 0.6) is 0 Å². The maximum absolute atomic E-state index is 12.9. The lowest BCUT2D eigenvalue weighted by Gasteiger charge is -2.09. The first kappa shape index (κ1) is 10.4. The predicted octanol–water partition coefficient (Wildman–Crippen LogP) is 2.84. The van der Waals surface area contributed by atoms with Crippen LogP contribution in [-0.4, -0.2) is 6.67 Å². The van der Waals surface area contributed by atoms with Gasteiger partial charge in [0.05, 0.1) is 11.7 Å². The fourth-order valence-electron chi connectivity index (χ4n) is 1.03. The minimum Gasteiger partial charge on any atom is -0.324 e. The summed E-state index contributed by atoms with van der Waals surface area (Å²) in [6, 6.07) is 3.80. The molecule has 0 spiro atoms. The zero-order chi connectivity index (χ0) is 9.84. The van der Waals surface area contributed by atoms with E-state index >= 15 is 0 Å². The van der Waals surface area contributed by atoms with Crippen molar-refractivity contribution in [3.63, 3.8) is 0 Å². The van der Waals surface area contributed by atoms with E-state index in [0.717, 1.165) is 0 Å². The minimum absolute atomic E-state index is 0.0520. The standard InChI is InChI=1S/C9H10ClF2N/c10-7-2-1-6(5-8(7)12)9(13)3-4-11/h1-2,5,9H,3-4,13H2/t9-/m0/s1. The molecule has 1 aromatic rings. The molecular weight excluding hydrogens is 196 g/mol. The highest BCUT2D eigenvalue weighted by Gasteiger charge is 2.08. The zero-order valence-electron chi connectivity index (χ0n) is 6.93. The van der Waals surface area contributed by atoms with E-state index < -0.39 is 18.5 Å². The number of alkyl halides is 1. The van der Waals surface area contributed by atoms with E-state index in [1.165, 1.54) is 12.1 Å². The lowest BCUT2D eigenvalue weighted by Crippen LogP contribution is -2.11. The molecule has 1 rings (SSSR count). The first-order valence-corrected chi connectivity index (χ1v) is 4.29. The molecule has 0 saturated carbocycles. The van der Waals surface area contributed by atoms with E-state index in [4.69, 9.17) is 17.3 Å². The monoisotopic (exact) mass is 205 g/mol. The molecule has 0 fully saturated rings. The van der Waals surface area contributed by atoms with Crippen LogP contribution in [0.2, 0.25) is 5.02 Å². The molecule has 0 radical (unpaired) electrons. The van der Waals surface area contributed by atoms with Crippen LogP contribution in [0.25, 0.3) is 0 Å². The maximum atomic E-state index is 12.9. The third-order valence-corrected chi connectivity index (χ3v) is 2.10. The van der Waals surface area contributed by atoms with Crippen LogP contribution in [0, 0.1) is 5.82 Å². The molecule has 0 aliphatic heterocycles. The van der Waals surface area contributed by atoms with Gasteiger partial charge in [-0.15, -0.1) is 0 Å². The van der Waals surface area contributed by atoms with Gasteiger partial charge in [0.2, 0.25) is 0 Å². The molecule has 0 aliphatic rings. The predicted molar refractivity (Wildman–Crippen MR) is 48.9 cm³/mol. The van der Waals surface area contributed by atoms with Crippen LogP contribution >= 0.6 is 11.6 Å². The van der Waals surface area contributed by atoms with Gasteiger partial charge in [-0.2, -0.15) is 0 Å². The van der Waals surface area contributed by atoms with Crippen molar-refractivity contribution in [3.05, 3.63) is 34.6 Å². The highest BCUT2D eigenvalue weighted by atomic mass is 35.5. The Labute approximate surface area is 80.5 Å². The van der Waals surface area contributed by atoms with E-state index in [-0.39, 0.29) is 11.4 Å². The zero-order valence-corrected chi connectivity index (χ0v) is 7.69. The van der Waals surface area contributed by atoms with Crippen molar-refractivity contribution < 1.29 is 8.78 Å². The molecule has 0 aliphatic carbocycles. The normalized spacial score (nSPS) is 12.9. The Morgan fingerprint density at radius 1 is 1.46 bits per heavy atom. The van der Waals surface area contributed by atoms with Crippen molar-refractivity contribution >= 4 is 11.6 Å². The average molecular weight is 206 g/mol. The molecule has 0 amide bonds. The number of hydrogen-bond acceptors (Lipinski definition) is 1. The van der Waals surface area contributed by atoms with Crippen LogP contribution in [0.1, 0.15) is 18.0 Å². The van der Waals surface area contributed by atoms with E-state index in [1.54, 1.807) is 6.07 Å². The van der Waals surface area contributed by atoms with E-state index in [9.17, 15) is 8.78 Å². The summed E-state index contributed by atoms with van der Waals surface area (Å²) in [4.78, 5) is 0. The van der Waals surface area contributed by atoms with Gasteiger partial charge in [-0.1, -0.05) is 17.7 Å². The minimum atomic E-state index is -0.520. The van der Waals surface area contributed by atoms with Crippen LogP contribution in [0.15, 0.2) is 18.2 Å². The molecular formula is C9H10ClF2N. The van der Waals surface area contributed by atoms with Gasteiger partial charge in [-0.25, -0.2) is 4.39 Å². The van der Waals surface area contributed by atoms with Crippen molar-refractivity contribution in [2.75, 3.05) is 6.67 Å². The molecule has 0 heterocycles. The average Bonchev–Trinajstić information content (AvgIpc) is 2.10. The van der Waals surface area contributed by atoms with Crippen LogP contribution in [0.4, 0.5) is 8.78 Å². The second-order valence-corrected chi connectivity index (χ2v) is 3.16. The quantitative estimate of drug-likeness (QED) is 0.807. The van der Waals surface area contributed by atoms with Crippen LogP contribution in [0.3, 0.4) is 0 Å². The van der Waals surface area contributed by atoms with Gasteiger partial charge in [0.25, 0.3) is 0 Å². The summed E-state index contributed by atoms with van der Waals surface area (Å²) in [5.74, 6) is -0.520. The molecule has 0 saturated heterocycles. The molecule has 1 aromatic carbocycles. The van der Waals surface area contributed by atoms with E-state index in [1.807, 2.05) is 0 Å². The Kier molecular flexibility index (Phi) is 3.63. The second kappa shape index (κ2) is 4.53. The Morgan fingerprint density at radius 2 is 2.15 bits per heavy atom. The largest absolute Gasteiger partial charge is 0.324 e. The lowest BCUT2D eigenvalue weighted by molar-refractivity contribution is 0.441. The van der Waals surface area contributed by atoms with Gasteiger partial charge in [0.1, 0.15) is 5.82 Å². The molecule has 72 valence electrons. The second-order valence-electron chi connectivity index (χ2n) is 2.76. The molecule has 1 atom stereocenters. The van der Waals surface area contributed by atoms with Crippen molar-refractivity contribution in [2.45, 2.75) is 12.5 Å². The summed E-state index contributed by atoms with van der Waals surface area (Å²) in [6.45, 7) is -0.509. The first-order valence-electron chi connectivity index (χ1n) is 3.91. The third-order valence-electron chi connectivity index (χ3n) is 1.79. The van der Waals surface area contributed by atoms with Crippen LogP contribution < -0.4 is 5.73 Å². The van der Waals surface area contributed by atoms with Crippen LogP contribution in [-0.2, 0) is 0 Å². The van der Waals surface area contributed by atoms with Gasteiger partial charge >= 0.3 is 0 Å². The summed E-state index contributed by atoms with van der Waals surface area (Å²) in [7, 11) is 0. The SMILES string of the molecule is N[C@@H](CCF)c1ccc(Cl)c(F)c1. The Hall–Kier alpha value is -0.670. The summed E-state index contributed by atoms with van der Waals surface area (Å²) in [5, 5.41) is 0.0520. The summed E-state index contributed by atoms with van der Waals surface area (Å²) >= 11 is 5.47. The summed E-state index contributed by atoms with van der Waals surface area (Å²) < 4.78 is 24.8. The molecule has 0 aromatic heterocycles. The van der Waals surface area contributed by atoms with Gasteiger partial charge in [0.15, 0.2) is 0 Å². The van der Waals surface area contributed by atoms with Gasteiger partial charge in [0, 0.05) is 6.04 Å². The molecule has 0 bridgehead atoms. The van der Waals surface area contributed by atoms with Crippen molar-refractivity contribution in [3.8, 4) is 0 Å². The van der Waals surface area contributed by atoms with Crippen molar-refractivity contribution in [1.29, 1.82) is 0 Å². The summed E-state index contributed by atoms with van der Waals surface area (Å²) in [5.41, 5.74) is 6.14. The molecule has 2 N–H and O–H groups in total.